The summed E-state index contributed by atoms with van der Waals surface area (Å²) < 4.78 is 15.8. The number of carbonyl (C=O) groups is 3. The van der Waals surface area contributed by atoms with Crippen molar-refractivity contribution in [3.63, 3.8) is 0 Å². The molecule has 0 radical (unpaired) electrons. The van der Waals surface area contributed by atoms with E-state index in [1.807, 2.05) is 0 Å². The minimum atomic E-state index is -0.442. The average molecular weight is 466 g/mol. The number of piperidine rings is 1. The number of methoxy groups -OCH3 is 1. The Morgan fingerprint density at radius 1 is 1.21 bits per heavy atom. The molecule has 178 valence electrons. The van der Waals surface area contributed by atoms with Gasteiger partial charge in [-0.1, -0.05) is 12.1 Å². The molecule has 0 amide bonds. The van der Waals surface area contributed by atoms with Crippen LogP contribution in [0.25, 0.3) is 6.08 Å². The second kappa shape index (κ2) is 10.1. The zero-order valence-electron chi connectivity index (χ0n) is 19.2. The van der Waals surface area contributed by atoms with Gasteiger partial charge in [-0.15, -0.1) is 0 Å². The molecule has 0 aliphatic carbocycles. The van der Waals surface area contributed by atoms with E-state index in [1.165, 1.54) is 13.2 Å². The Hall–Kier alpha value is -3.65. The molecule has 1 N–H and O–H groups in total. The summed E-state index contributed by atoms with van der Waals surface area (Å²) in [5.41, 5.74) is 1.98. The summed E-state index contributed by atoms with van der Waals surface area (Å²) in [6.07, 6.45) is 3.21. The molecule has 2 aromatic rings. The Labute approximate surface area is 197 Å². The van der Waals surface area contributed by atoms with E-state index in [4.69, 9.17) is 14.2 Å². The van der Waals surface area contributed by atoms with Crippen LogP contribution < -0.4 is 4.74 Å². The van der Waals surface area contributed by atoms with Crippen molar-refractivity contribution >= 4 is 23.8 Å². The molecule has 2 aliphatic heterocycles. The summed E-state index contributed by atoms with van der Waals surface area (Å²) in [4.78, 5) is 38.8. The van der Waals surface area contributed by atoms with E-state index in [1.54, 1.807) is 43.3 Å². The largest absolute Gasteiger partial charge is 0.507 e. The van der Waals surface area contributed by atoms with Crippen LogP contribution in [-0.2, 0) is 20.8 Å². The molecule has 0 spiro atoms. The molecule has 8 heteroatoms. The zero-order chi connectivity index (χ0) is 24.2. The monoisotopic (exact) mass is 465 g/mol. The molecule has 2 aromatic carbocycles. The van der Waals surface area contributed by atoms with Crippen LogP contribution in [0, 0.1) is 5.92 Å². The van der Waals surface area contributed by atoms with Gasteiger partial charge in [-0.05, 0) is 62.2 Å². The second-order valence-electron chi connectivity index (χ2n) is 8.32. The Bertz CT molecular complexity index is 1140. The number of esters is 2. The van der Waals surface area contributed by atoms with Crippen molar-refractivity contribution in [1.82, 2.24) is 4.90 Å². The van der Waals surface area contributed by atoms with Crippen molar-refractivity contribution in [3.8, 4) is 11.5 Å². The number of hydrogen-bond acceptors (Lipinski definition) is 8. The first kappa shape index (κ1) is 23.5. The lowest BCUT2D eigenvalue weighted by molar-refractivity contribution is -0.150. The number of ether oxygens (including phenoxy) is 3. The quantitative estimate of drug-likeness (QED) is 0.510. The lowest BCUT2D eigenvalue weighted by atomic mass is 9.97. The van der Waals surface area contributed by atoms with E-state index in [9.17, 15) is 19.5 Å². The fraction of sp³-hybridized carbons (Fsp3) is 0.346. The van der Waals surface area contributed by atoms with Crippen molar-refractivity contribution in [2.75, 3.05) is 26.8 Å². The molecule has 1 saturated heterocycles. The van der Waals surface area contributed by atoms with Gasteiger partial charge in [0.05, 0.1) is 36.3 Å². The van der Waals surface area contributed by atoms with Crippen molar-refractivity contribution < 1.29 is 33.7 Å². The number of benzene rings is 2. The molecule has 1 fully saturated rings. The number of nitrogens with zero attached hydrogens (tertiary/aromatic N) is 1. The van der Waals surface area contributed by atoms with E-state index in [2.05, 4.69) is 4.90 Å². The highest BCUT2D eigenvalue weighted by atomic mass is 16.5. The number of phenols is 1. The van der Waals surface area contributed by atoms with Crippen LogP contribution in [0.4, 0.5) is 0 Å². The average Bonchev–Trinajstić information content (AvgIpc) is 3.16. The van der Waals surface area contributed by atoms with Gasteiger partial charge in [-0.3, -0.25) is 14.5 Å². The fourth-order valence-electron chi connectivity index (χ4n) is 4.31. The Kier molecular flexibility index (Phi) is 6.98. The van der Waals surface area contributed by atoms with Gasteiger partial charge in [0, 0.05) is 13.1 Å². The first-order chi connectivity index (χ1) is 16.4. The van der Waals surface area contributed by atoms with Gasteiger partial charge in [0.1, 0.15) is 11.5 Å². The molecule has 0 saturated carbocycles. The number of fused-ring (bicyclic) bond motifs is 1. The number of carbonyl (C=O) groups excluding carboxylic acids is 3. The maximum atomic E-state index is 13.0. The van der Waals surface area contributed by atoms with E-state index in [0.29, 0.717) is 47.7 Å². The molecule has 4 rings (SSSR count). The maximum Gasteiger partial charge on any atom is 0.337 e. The molecule has 2 aliphatic rings. The summed E-state index contributed by atoms with van der Waals surface area (Å²) >= 11 is 0. The summed E-state index contributed by atoms with van der Waals surface area (Å²) in [7, 11) is 1.31. The van der Waals surface area contributed by atoms with Crippen LogP contribution >= 0.6 is 0 Å². The van der Waals surface area contributed by atoms with Gasteiger partial charge in [-0.25, -0.2) is 4.79 Å². The number of likely N-dealkylation sites (tertiary alicyclic amines) is 1. The summed E-state index contributed by atoms with van der Waals surface area (Å²) in [5, 5.41) is 10.6. The SMILES string of the molecule is CCOC(=O)C1CCCN(Cc2c(O)ccc3c2O/C(=C\c2ccc(C(=O)OC)cc2)C3=O)C1. The van der Waals surface area contributed by atoms with Crippen LogP contribution in [0.3, 0.4) is 0 Å². The number of hydrogen-bond donors (Lipinski definition) is 1. The third-order valence-corrected chi connectivity index (χ3v) is 6.05. The molecule has 1 atom stereocenters. The van der Waals surface area contributed by atoms with Gasteiger partial charge in [0.15, 0.2) is 5.76 Å². The minimum Gasteiger partial charge on any atom is -0.507 e. The highest BCUT2D eigenvalue weighted by Gasteiger charge is 2.33. The maximum absolute atomic E-state index is 13.0. The molecule has 1 unspecified atom stereocenters. The van der Waals surface area contributed by atoms with Crippen LogP contribution in [0.15, 0.2) is 42.2 Å². The first-order valence-electron chi connectivity index (χ1n) is 11.3. The summed E-state index contributed by atoms with van der Waals surface area (Å²) in [5.74, 6) is -0.632. The van der Waals surface area contributed by atoms with Gasteiger partial charge in [0.25, 0.3) is 0 Å². The van der Waals surface area contributed by atoms with Gasteiger partial charge < -0.3 is 19.3 Å². The van der Waals surface area contributed by atoms with Crippen LogP contribution in [-0.4, -0.2) is 54.5 Å². The molecule has 2 heterocycles. The normalized spacial score (nSPS) is 18.9. The molecule has 34 heavy (non-hydrogen) atoms. The molecular weight excluding hydrogens is 438 g/mol. The molecule has 8 nitrogen and oxygen atoms in total. The van der Waals surface area contributed by atoms with Gasteiger partial charge in [0.2, 0.25) is 5.78 Å². The van der Waals surface area contributed by atoms with Crippen LogP contribution in [0.1, 0.15) is 51.6 Å². The zero-order valence-corrected chi connectivity index (χ0v) is 19.2. The molecule has 0 bridgehead atoms. The van der Waals surface area contributed by atoms with Crippen molar-refractivity contribution in [1.29, 1.82) is 0 Å². The van der Waals surface area contributed by atoms with E-state index in [-0.39, 0.29) is 29.2 Å². The number of phenolic OH excluding ortho intramolecular Hbond substituents is 1. The van der Waals surface area contributed by atoms with Crippen LogP contribution in [0.2, 0.25) is 0 Å². The van der Waals surface area contributed by atoms with E-state index in [0.717, 1.165) is 19.4 Å². The third-order valence-electron chi connectivity index (χ3n) is 6.05. The predicted molar refractivity (Wildman–Crippen MR) is 123 cm³/mol. The minimum absolute atomic E-state index is 0.0356. The smallest absolute Gasteiger partial charge is 0.337 e. The fourth-order valence-corrected chi connectivity index (χ4v) is 4.31. The van der Waals surface area contributed by atoms with Gasteiger partial charge >= 0.3 is 11.9 Å². The number of ketones is 1. The standard InChI is InChI=1S/C26H27NO7/c1-3-33-26(31)18-5-4-12-27(14-18)15-20-21(28)11-10-19-23(29)22(34-24(19)20)13-16-6-8-17(9-7-16)25(30)32-2/h6-11,13,18,28H,3-5,12,14-15H2,1-2H3/b22-13-. The van der Waals surface area contributed by atoms with E-state index >= 15 is 0 Å². The molecular formula is C26H27NO7. The molecule has 0 aromatic heterocycles. The van der Waals surface area contributed by atoms with Crippen molar-refractivity contribution in [2.45, 2.75) is 26.3 Å². The highest BCUT2D eigenvalue weighted by molar-refractivity contribution is 6.15. The first-order valence-corrected chi connectivity index (χ1v) is 11.3. The third kappa shape index (κ3) is 4.82. The summed E-state index contributed by atoms with van der Waals surface area (Å²) in [6.45, 7) is 3.77. The number of rotatable bonds is 6. The highest BCUT2D eigenvalue weighted by Crippen LogP contribution is 2.40. The van der Waals surface area contributed by atoms with Crippen molar-refractivity contribution in [3.05, 3.63) is 64.4 Å². The van der Waals surface area contributed by atoms with Gasteiger partial charge in [-0.2, -0.15) is 0 Å². The Balaban J connectivity index is 1.54. The number of Topliss-reactive ketones (excluding diaryl/α,β-unsaturated/α-hetero) is 1. The Morgan fingerprint density at radius 2 is 1.97 bits per heavy atom. The predicted octanol–water partition coefficient (Wildman–Crippen LogP) is 3.57. The topological polar surface area (TPSA) is 102 Å². The number of aromatic hydroxyl groups is 1. The number of allylic oxidation sites excluding steroid dienone is 1. The summed E-state index contributed by atoms with van der Waals surface area (Å²) in [6, 6.07) is 9.66. The van der Waals surface area contributed by atoms with Crippen molar-refractivity contribution in [2.24, 2.45) is 5.92 Å². The van der Waals surface area contributed by atoms with Crippen LogP contribution in [0.5, 0.6) is 11.5 Å². The lowest BCUT2D eigenvalue weighted by Crippen LogP contribution is -2.39. The lowest BCUT2D eigenvalue weighted by Gasteiger charge is -2.31. The second-order valence-corrected chi connectivity index (χ2v) is 8.32. The Morgan fingerprint density at radius 3 is 2.68 bits per heavy atom. The van der Waals surface area contributed by atoms with E-state index < -0.39 is 5.97 Å².